The van der Waals surface area contributed by atoms with Crippen LogP contribution in [0.15, 0.2) is 36.9 Å². The molecule has 0 radical (unpaired) electrons. The number of nitrogens with two attached hydrogens (primary N) is 1. The number of imidazole rings is 1. The van der Waals surface area contributed by atoms with E-state index in [4.69, 9.17) is 15.2 Å². The third-order valence-electron chi connectivity index (χ3n) is 4.46. The van der Waals surface area contributed by atoms with Crippen LogP contribution >= 0.6 is 0 Å². The summed E-state index contributed by atoms with van der Waals surface area (Å²) >= 11 is 0. The van der Waals surface area contributed by atoms with E-state index in [0.29, 0.717) is 11.2 Å². The van der Waals surface area contributed by atoms with Crippen molar-refractivity contribution in [3.63, 3.8) is 0 Å². The van der Waals surface area contributed by atoms with Crippen LogP contribution in [0.5, 0.6) is 0 Å². The van der Waals surface area contributed by atoms with Crippen molar-refractivity contribution in [1.82, 2.24) is 19.5 Å². The van der Waals surface area contributed by atoms with E-state index >= 15 is 0 Å². The Morgan fingerprint density at radius 3 is 2.71 bits per heavy atom. The number of anilines is 1. The van der Waals surface area contributed by atoms with Crippen LogP contribution in [0.1, 0.15) is 16.6 Å². The quantitative estimate of drug-likeness (QED) is 0.526. The topological polar surface area (TPSA) is 146 Å². The largest absolute Gasteiger partial charge is 0.459 e. The SMILES string of the molecule is Nc1ncnc2c1ncn2[C@@H]1O[C@H](COC(=O)c2ccc(F)cc2)[C@@H](O)[C@H]1O. The van der Waals surface area contributed by atoms with Gasteiger partial charge in [-0.05, 0) is 24.3 Å². The second-order valence-electron chi connectivity index (χ2n) is 6.23. The Hall–Kier alpha value is -3.15. The molecule has 4 atom stereocenters. The number of fused-ring (bicyclic) bond motifs is 1. The van der Waals surface area contributed by atoms with Gasteiger partial charge in [0.1, 0.15) is 42.6 Å². The number of halogens is 1. The molecule has 146 valence electrons. The molecule has 1 aliphatic rings. The average molecular weight is 389 g/mol. The molecular formula is C17H16FN5O5. The molecule has 1 saturated heterocycles. The van der Waals surface area contributed by atoms with Gasteiger partial charge in [0.05, 0.1) is 11.9 Å². The highest BCUT2D eigenvalue weighted by atomic mass is 19.1. The van der Waals surface area contributed by atoms with Crippen LogP contribution < -0.4 is 5.73 Å². The molecule has 4 N–H and O–H groups in total. The summed E-state index contributed by atoms with van der Waals surface area (Å²) in [4.78, 5) is 24.0. The minimum Gasteiger partial charge on any atom is -0.459 e. The summed E-state index contributed by atoms with van der Waals surface area (Å²) in [6.45, 7) is -0.311. The second-order valence-corrected chi connectivity index (χ2v) is 6.23. The Labute approximate surface area is 157 Å². The van der Waals surface area contributed by atoms with Gasteiger partial charge in [-0.2, -0.15) is 0 Å². The van der Waals surface area contributed by atoms with E-state index in [0.717, 1.165) is 12.1 Å². The predicted molar refractivity (Wildman–Crippen MR) is 92.3 cm³/mol. The number of ether oxygens (including phenoxy) is 2. The first kappa shape index (κ1) is 18.2. The van der Waals surface area contributed by atoms with E-state index in [2.05, 4.69) is 15.0 Å². The predicted octanol–water partition coefficient (Wildman–Crippen LogP) is 0.0238. The van der Waals surface area contributed by atoms with E-state index in [-0.39, 0.29) is 18.0 Å². The van der Waals surface area contributed by atoms with Gasteiger partial charge in [0.25, 0.3) is 0 Å². The summed E-state index contributed by atoms with van der Waals surface area (Å²) in [5, 5.41) is 20.6. The molecule has 28 heavy (non-hydrogen) atoms. The first-order chi connectivity index (χ1) is 13.5. The maximum absolute atomic E-state index is 12.9. The fourth-order valence-corrected chi connectivity index (χ4v) is 2.98. The lowest BCUT2D eigenvalue weighted by Gasteiger charge is -2.16. The van der Waals surface area contributed by atoms with Crippen LogP contribution in [0.4, 0.5) is 10.2 Å². The van der Waals surface area contributed by atoms with Crippen molar-refractivity contribution in [2.24, 2.45) is 0 Å². The van der Waals surface area contributed by atoms with Crippen molar-refractivity contribution in [3.8, 4) is 0 Å². The Morgan fingerprint density at radius 1 is 1.21 bits per heavy atom. The number of benzene rings is 1. The van der Waals surface area contributed by atoms with Crippen LogP contribution in [0.25, 0.3) is 11.2 Å². The van der Waals surface area contributed by atoms with Crippen molar-refractivity contribution in [1.29, 1.82) is 0 Å². The van der Waals surface area contributed by atoms with Crippen molar-refractivity contribution < 1.29 is 28.9 Å². The lowest BCUT2D eigenvalue weighted by atomic mass is 10.1. The summed E-state index contributed by atoms with van der Waals surface area (Å²) < 4.78 is 25.1. The number of esters is 1. The molecule has 4 rings (SSSR count). The van der Waals surface area contributed by atoms with E-state index in [1.54, 1.807) is 0 Å². The Bertz CT molecular complexity index is 1010. The fraction of sp³-hybridized carbons (Fsp3) is 0.294. The fourth-order valence-electron chi connectivity index (χ4n) is 2.98. The van der Waals surface area contributed by atoms with Crippen molar-refractivity contribution in [2.75, 3.05) is 12.3 Å². The lowest BCUT2D eigenvalue weighted by Crippen LogP contribution is -2.34. The molecule has 0 unspecified atom stereocenters. The molecule has 0 aliphatic carbocycles. The number of hydrogen-bond acceptors (Lipinski definition) is 9. The number of aliphatic hydroxyl groups excluding tert-OH is 2. The molecule has 3 aromatic rings. The zero-order valence-corrected chi connectivity index (χ0v) is 14.3. The molecule has 11 heteroatoms. The third-order valence-corrected chi connectivity index (χ3v) is 4.46. The number of carbonyl (C=O) groups is 1. The Balaban J connectivity index is 1.47. The van der Waals surface area contributed by atoms with E-state index < -0.39 is 36.3 Å². The highest BCUT2D eigenvalue weighted by Gasteiger charge is 2.45. The maximum atomic E-state index is 12.9. The molecule has 2 aromatic heterocycles. The minimum atomic E-state index is -1.32. The summed E-state index contributed by atoms with van der Waals surface area (Å²) in [6.07, 6.45) is -2.02. The molecule has 10 nitrogen and oxygen atoms in total. The van der Waals surface area contributed by atoms with Gasteiger partial charge in [-0.25, -0.2) is 24.1 Å². The smallest absolute Gasteiger partial charge is 0.338 e. The monoisotopic (exact) mass is 389 g/mol. The molecule has 1 aromatic carbocycles. The second kappa shape index (κ2) is 7.11. The van der Waals surface area contributed by atoms with Gasteiger partial charge in [0, 0.05) is 0 Å². The van der Waals surface area contributed by atoms with E-state index in [1.165, 1.54) is 29.4 Å². The first-order valence-corrected chi connectivity index (χ1v) is 8.33. The molecule has 1 aliphatic heterocycles. The third kappa shape index (κ3) is 3.15. The molecule has 0 bridgehead atoms. The van der Waals surface area contributed by atoms with Gasteiger partial charge < -0.3 is 25.4 Å². The molecule has 0 spiro atoms. The maximum Gasteiger partial charge on any atom is 0.338 e. The Morgan fingerprint density at radius 2 is 1.96 bits per heavy atom. The molecular weight excluding hydrogens is 373 g/mol. The van der Waals surface area contributed by atoms with Crippen molar-refractivity contribution in [2.45, 2.75) is 24.5 Å². The zero-order chi connectivity index (χ0) is 19.8. The number of carbonyl (C=O) groups excluding carboxylic acids is 1. The number of hydrogen-bond donors (Lipinski definition) is 3. The van der Waals surface area contributed by atoms with Crippen LogP contribution in [0, 0.1) is 5.82 Å². The van der Waals surface area contributed by atoms with E-state index in [9.17, 15) is 19.4 Å². The first-order valence-electron chi connectivity index (χ1n) is 8.33. The number of nitrogens with zero attached hydrogens (tertiary/aromatic N) is 4. The highest BCUT2D eigenvalue weighted by Crippen LogP contribution is 2.32. The van der Waals surface area contributed by atoms with Gasteiger partial charge in [-0.3, -0.25) is 4.57 Å². The number of rotatable bonds is 4. The number of aromatic nitrogens is 4. The zero-order valence-electron chi connectivity index (χ0n) is 14.3. The highest BCUT2D eigenvalue weighted by molar-refractivity contribution is 5.89. The van der Waals surface area contributed by atoms with Gasteiger partial charge in [0.2, 0.25) is 0 Å². The summed E-state index contributed by atoms with van der Waals surface area (Å²) in [5.74, 6) is -1.02. The van der Waals surface area contributed by atoms with E-state index in [1.807, 2.05) is 0 Å². The summed E-state index contributed by atoms with van der Waals surface area (Å²) in [7, 11) is 0. The summed E-state index contributed by atoms with van der Waals surface area (Å²) in [6, 6.07) is 4.83. The molecule has 0 saturated carbocycles. The van der Waals surface area contributed by atoms with Crippen LogP contribution in [0.2, 0.25) is 0 Å². The molecule has 3 heterocycles. The normalized spacial score (nSPS) is 24.5. The Kier molecular flexibility index (Phi) is 4.63. The van der Waals surface area contributed by atoms with Crippen molar-refractivity contribution >= 4 is 23.0 Å². The van der Waals surface area contributed by atoms with Crippen LogP contribution in [0.3, 0.4) is 0 Å². The lowest BCUT2D eigenvalue weighted by molar-refractivity contribution is -0.0565. The molecule has 1 fully saturated rings. The van der Waals surface area contributed by atoms with Gasteiger partial charge >= 0.3 is 5.97 Å². The van der Waals surface area contributed by atoms with Crippen LogP contribution in [-0.2, 0) is 9.47 Å². The van der Waals surface area contributed by atoms with Gasteiger partial charge in [-0.1, -0.05) is 0 Å². The van der Waals surface area contributed by atoms with Gasteiger partial charge in [-0.15, -0.1) is 0 Å². The molecule has 0 amide bonds. The minimum absolute atomic E-state index is 0.152. The van der Waals surface area contributed by atoms with Crippen molar-refractivity contribution in [3.05, 3.63) is 48.3 Å². The summed E-state index contributed by atoms with van der Waals surface area (Å²) in [5.41, 5.74) is 6.55. The average Bonchev–Trinajstić information content (AvgIpc) is 3.23. The standard InChI is InChI=1S/C17H16FN5O5/c18-9-3-1-8(2-4-9)17(26)27-5-10-12(24)13(25)16(28-10)23-7-22-11-14(19)20-6-21-15(11)23/h1-4,6-7,10,12-13,16,24-25H,5H2,(H2,19,20,21)/t10-,12-,13-,16-/m1/s1. The number of nitrogen functional groups attached to an aromatic ring is 1. The van der Waals surface area contributed by atoms with Gasteiger partial charge in [0.15, 0.2) is 17.7 Å². The number of aliphatic hydroxyl groups is 2. The van der Waals surface area contributed by atoms with Crippen LogP contribution in [-0.4, -0.2) is 60.6 Å².